The molecule has 1 spiro atoms. The standard InChI is InChI=1S/C13H17Cl2NO2S/c14-10-5-9(12(15)19-10)11(16)8-1-3-18-13(6-8)2-4-17-7-13/h5,8,11H,1-4,6-7,16H2. The third-order valence-electron chi connectivity index (χ3n) is 4.15. The van der Waals surface area contributed by atoms with E-state index in [-0.39, 0.29) is 11.6 Å². The predicted octanol–water partition coefficient (Wildman–Crippen LogP) is 3.64. The highest BCUT2D eigenvalue weighted by molar-refractivity contribution is 7.20. The van der Waals surface area contributed by atoms with Crippen molar-refractivity contribution in [1.29, 1.82) is 0 Å². The first-order valence-electron chi connectivity index (χ1n) is 6.52. The maximum Gasteiger partial charge on any atom is 0.0991 e. The van der Waals surface area contributed by atoms with Crippen LogP contribution in [0.1, 0.15) is 30.9 Å². The minimum atomic E-state index is -0.118. The fourth-order valence-electron chi connectivity index (χ4n) is 3.07. The Kier molecular flexibility index (Phi) is 4.09. The number of halogens is 2. The topological polar surface area (TPSA) is 44.5 Å². The van der Waals surface area contributed by atoms with E-state index in [0.717, 1.165) is 38.0 Å². The summed E-state index contributed by atoms with van der Waals surface area (Å²) in [4.78, 5) is 0. The third-order valence-corrected chi connectivity index (χ3v) is 5.67. The van der Waals surface area contributed by atoms with Gasteiger partial charge in [0.15, 0.2) is 0 Å². The van der Waals surface area contributed by atoms with Crippen molar-refractivity contribution in [2.75, 3.05) is 19.8 Å². The molecule has 3 heterocycles. The molecule has 0 radical (unpaired) electrons. The van der Waals surface area contributed by atoms with E-state index in [1.165, 1.54) is 11.3 Å². The highest BCUT2D eigenvalue weighted by Gasteiger charge is 2.42. The molecule has 0 amide bonds. The Bertz CT molecular complexity index is 459. The van der Waals surface area contributed by atoms with Crippen LogP contribution in [0.15, 0.2) is 6.07 Å². The van der Waals surface area contributed by atoms with Crippen LogP contribution >= 0.6 is 34.5 Å². The van der Waals surface area contributed by atoms with Crippen molar-refractivity contribution in [2.45, 2.75) is 30.9 Å². The number of hydrogen-bond donors (Lipinski definition) is 1. The monoisotopic (exact) mass is 321 g/mol. The van der Waals surface area contributed by atoms with Crippen molar-refractivity contribution >= 4 is 34.5 Å². The fraction of sp³-hybridized carbons (Fsp3) is 0.692. The molecule has 6 heteroatoms. The van der Waals surface area contributed by atoms with Gasteiger partial charge in [0.1, 0.15) is 0 Å². The smallest absolute Gasteiger partial charge is 0.0991 e. The molecular weight excluding hydrogens is 305 g/mol. The normalized spacial score (nSPS) is 32.9. The maximum absolute atomic E-state index is 6.40. The molecule has 3 unspecified atom stereocenters. The van der Waals surface area contributed by atoms with Gasteiger partial charge < -0.3 is 15.2 Å². The summed E-state index contributed by atoms with van der Waals surface area (Å²) in [6.07, 6.45) is 2.87. The summed E-state index contributed by atoms with van der Waals surface area (Å²) in [5.41, 5.74) is 7.25. The Morgan fingerprint density at radius 2 is 2.26 bits per heavy atom. The second-order valence-corrected chi connectivity index (χ2v) is 7.68. The van der Waals surface area contributed by atoms with Gasteiger partial charge in [-0.05, 0) is 24.8 Å². The van der Waals surface area contributed by atoms with Crippen LogP contribution in [0.25, 0.3) is 0 Å². The molecule has 2 aliphatic rings. The van der Waals surface area contributed by atoms with Gasteiger partial charge in [-0.25, -0.2) is 0 Å². The van der Waals surface area contributed by atoms with Crippen molar-refractivity contribution in [3.63, 3.8) is 0 Å². The summed E-state index contributed by atoms with van der Waals surface area (Å²) in [6.45, 7) is 2.22. The molecule has 106 valence electrons. The molecule has 2 fully saturated rings. The Morgan fingerprint density at radius 3 is 2.89 bits per heavy atom. The summed E-state index contributed by atoms with van der Waals surface area (Å²) in [5, 5.41) is 0. The van der Waals surface area contributed by atoms with Crippen LogP contribution in [0.3, 0.4) is 0 Å². The summed E-state index contributed by atoms with van der Waals surface area (Å²) in [7, 11) is 0. The average molecular weight is 322 g/mol. The Balaban J connectivity index is 1.76. The van der Waals surface area contributed by atoms with Crippen LogP contribution in [0.5, 0.6) is 0 Å². The van der Waals surface area contributed by atoms with Crippen molar-refractivity contribution in [1.82, 2.24) is 0 Å². The van der Waals surface area contributed by atoms with Gasteiger partial charge in [-0.15, -0.1) is 11.3 Å². The van der Waals surface area contributed by atoms with Gasteiger partial charge in [-0.1, -0.05) is 23.2 Å². The van der Waals surface area contributed by atoms with Crippen LogP contribution < -0.4 is 5.73 Å². The van der Waals surface area contributed by atoms with E-state index in [1.807, 2.05) is 6.07 Å². The Hall–Kier alpha value is 0.160. The van der Waals surface area contributed by atoms with Gasteiger partial charge in [-0.3, -0.25) is 0 Å². The van der Waals surface area contributed by atoms with Gasteiger partial charge in [0.25, 0.3) is 0 Å². The van der Waals surface area contributed by atoms with Crippen LogP contribution in [-0.4, -0.2) is 25.4 Å². The van der Waals surface area contributed by atoms with E-state index < -0.39 is 0 Å². The van der Waals surface area contributed by atoms with Gasteiger partial charge in [0.2, 0.25) is 0 Å². The summed E-state index contributed by atoms with van der Waals surface area (Å²) >= 11 is 13.6. The minimum Gasteiger partial charge on any atom is -0.378 e. The van der Waals surface area contributed by atoms with Gasteiger partial charge in [-0.2, -0.15) is 0 Å². The zero-order valence-corrected chi connectivity index (χ0v) is 12.9. The van der Waals surface area contributed by atoms with Gasteiger partial charge in [0, 0.05) is 31.2 Å². The van der Waals surface area contributed by atoms with E-state index in [0.29, 0.717) is 21.2 Å². The first-order chi connectivity index (χ1) is 9.10. The molecule has 0 saturated carbocycles. The Morgan fingerprint density at radius 1 is 1.42 bits per heavy atom. The average Bonchev–Trinajstić information content (AvgIpc) is 2.96. The number of hydrogen-bond acceptors (Lipinski definition) is 4. The summed E-state index contributed by atoms with van der Waals surface area (Å²) < 4.78 is 12.8. The van der Waals surface area contributed by atoms with E-state index in [4.69, 9.17) is 38.4 Å². The minimum absolute atomic E-state index is 0.0716. The number of nitrogens with two attached hydrogens (primary N) is 1. The highest BCUT2D eigenvalue weighted by atomic mass is 35.5. The predicted molar refractivity (Wildman–Crippen MR) is 78.1 cm³/mol. The highest BCUT2D eigenvalue weighted by Crippen LogP contribution is 2.43. The molecule has 3 nitrogen and oxygen atoms in total. The lowest BCUT2D eigenvalue weighted by molar-refractivity contribution is -0.101. The van der Waals surface area contributed by atoms with Crippen molar-refractivity contribution < 1.29 is 9.47 Å². The van der Waals surface area contributed by atoms with Crippen molar-refractivity contribution in [2.24, 2.45) is 11.7 Å². The third kappa shape index (κ3) is 2.80. The Labute approximate surface area is 127 Å². The second kappa shape index (κ2) is 5.51. The molecule has 1 aromatic heterocycles. The lowest BCUT2D eigenvalue weighted by Crippen LogP contribution is -2.43. The first kappa shape index (κ1) is 14.1. The van der Waals surface area contributed by atoms with E-state index in [9.17, 15) is 0 Å². The van der Waals surface area contributed by atoms with E-state index in [2.05, 4.69) is 0 Å². The van der Waals surface area contributed by atoms with Gasteiger partial charge >= 0.3 is 0 Å². The summed E-state index contributed by atoms with van der Waals surface area (Å²) in [5.74, 6) is 0.374. The number of ether oxygens (including phenoxy) is 2. The molecule has 1 aromatic rings. The fourth-order valence-corrected chi connectivity index (χ4v) is 4.64. The van der Waals surface area contributed by atoms with Crippen molar-refractivity contribution in [3.8, 4) is 0 Å². The van der Waals surface area contributed by atoms with Crippen molar-refractivity contribution in [3.05, 3.63) is 20.3 Å². The maximum atomic E-state index is 6.40. The largest absolute Gasteiger partial charge is 0.378 e. The van der Waals surface area contributed by atoms with Crippen LogP contribution in [-0.2, 0) is 9.47 Å². The van der Waals surface area contributed by atoms with Crippen LogP contribution in [0, 0.1) is 5.92 Å². The van der Waals surface area contributed by atoms with Crippen LogP contribution in [0.2, 0.25) is 8.67 Å². The molecule has 2 aliphatic heterocycles. The SMILES string of the molecule is NC(c1cc(Cl)sc1Cl)C1CCOC2(CCOC2)C1. The van der Waals surface area contributed by atoms with Gasteiger partial charge in [0.05, 0.1) is 20.9 Å². The molecule has 0 aliphatic carbocycles. The lowest BCUT2D eigenvalue weighted by Gasteiger charge is -2.39. The molecule has 2 N–H and O–H groups in total. The summed E-state index contributed by atoms with van der Waals surface area (Å²) in [6, 6.07) is 1.82. The molecule has 2 saturated heterocycles. The molecule has 0 bridgehead atoms. The lowest BCUT2D eigenvalue weighted by atomic mass is 9.80. The molecule has 3 rings (SSSR count). The number of rotatable bonds is 2. The van der Waals surface area contributed by atoms with E-state index in [1.54, 1.807) is 0 Å². The molecule has 3 atom stereocenters. The molecule has 0 aromatic carbocycles. The van der Waals surface area contributed by atoms with E-state index >= 15 is 0 Å². The second-order valence-electron chi connectivity index (χ2n) is 5.39. The zero-order chi connectivity index (χ0) is 13.5. The first-order valence-corrected chi connectivity index (χ1v) is 8.09. The number of thiophene rings is 1. The quantitative estimate of drug-likeness (QED) is 0.904. The zero-order valence-electron chi connectivity index (χ0n) is 10.5. The molecule has 19 heavy (non-hydrogen) atoms. The van der Waals surface area contributed by atoms with Crippen LogP contribution in [0.4, 0.5) is 0 Å². The molecular formula is C13H17Cl2NO2S.